The van der Waals surface area contributed by atoms with Crippen LogP contribution in [-0.2, 0) is 5.75 Å². The van der Waals surface area contributed by atoms with Crippen molar-refractivity contribution in [3.63, 3.8) is 0 Å². The largest absolute Gasteiger partial charge is 0.368 e. The predicted molar refractivity (Wildman–Crippen MR) is 125 cm³/mol. The summed E-state index contributed by atoms with van der Waals surface area (Å²) in [7, 11) is 3.68. The smallest absolute Gasteiger partial charge is 0.266 e. The molecule has 4 aromatic rings. The predicted octanol–water partition coefficient (Wildman–Crippen LogP) is 3.13. The fourth-order valence-electron chi connectivity index (χ4n) is 3.34. The van der Waals surface area contributed by atoms with E-state index in [0.717, 1.165) is 16.8 Å². The Bertz CT molecular complexity index is 1310. The summed E-state index contributed by atoms with van der Waals surface area (Å²) in [6, 6.07) is 13.4. The number of anilines is 2. The van der Waals surface area contributed by atoms with Crippen LogP contribution in [0.5, 0.6) is 0 Å². The molecule has 0 bridgehead atoms. The van der Waals surface area contributed by atoms with Gasteiger partial charge in [-0.25, -0.2) is 4.98 Å². The molecule has 31 heavy (non-hydrogen) atoms. The van der Waals surface area contributed by atoms with Gasteiger partial charge in [0.1, 0.15) is 5.82 Å². The van der Waals surface area contributed by atoms with Gasteiger partial charge >= 0.3 is 0 Å². The number of nitrogens with zero attached hydrogens (tertiary/aromatic N) is 6. The maximum Gasteiger partial charge on any atom is 0.266 e. The normalized spacial score (nSPS) is 11.1. The van der Waals surface area contributed by atoms with E-state index in [9.17, 15) is 4.79 Å². The highest BCUT2D eigenvalue weighted by Crippen LogP contribution is 2.25. The zero-order chi connectivity index (χ0) is 22.1. The molecule has 2 aromatic heterocycles. The molecular formula is C22H23N7OS. The molecule has 2 aromatic carbocycles. The number of aromatic nitrogens is 5. The molecule has 0 saturated carbocycles. The van der Waals surface area contributed by atoms with Crippen molar-refractivity contribution in [2.75, 3.05) is 24.7 Å². The molecule has 0 aliphatic carbocycles. The van der Waals surface area contributed by atoms with Gasteiger partial charge in [0.2, 0.25) is 11.9 Å². The van der Waals surface area contributed by atoms with Crippen LogP contribution in [0.4, 0.5) is 11.9 Å². The zero-order valence-electron chi connectivity index (χ0n) is 17.8. The minimum absolute atomic E-state index is 0.109. The highest BCUT2D eigenvalue weighted by molar-refractivity contribution is 7.98. The number of hydrogen-bond donors (Lipinski definition) is 1. The number of nitrogens with two attached hydrogens (primary N) is 1. The van der Waals surface area contributed by atoms with Gasteiger partial charge in [-0.3, -0.25) is 9.36 Å². The quantitative estimate of drug-likeness (QED) is 0.378. The van der Waals surface area contributed by atoms with Gasteiger partial charge in [-0.05, 0) is 49.2 Å². The van der Waals surface area contributed by atoms with Crippen LogP contribution in [0.25, 0.3) is 16.6 Å². The van der Waals surface area contributed by atoms with E-state index in [1.165, 1.54) is 11.8 Å². The molecule has 0 atom stereocenters. The Morgan fingerprint density at radius 2 is 1.71 bits per heavy atom. The van der Waals surface area contributed by atoms with E-state index in [-0.39, 0.29) is 11.5 Å². The molecule has 0 fully saturated rings. The standard InChI is InChI=1S/C22H23N7OS/c1-13-9-14(2)11-15(10-13)29-19(30)16-7-5-6-8-17(16)24-22(29)31-12-18-25-20(23)27-21(26-18)28(3)4/h5-11H,12H2,1-4H3,(H2,23,25,26,27). The van der Waals surface area contributed by atoms with Crippen LogP contribution in [0.1, 0.15) is 17.0 Å². The Hall–Kier alpha value is -3.46. The van der Waals surface area contributed by atoms with Crippen LogP contribution in [0.2, 0.25) is 0 Å². The first-order valence-corrected chi connectivity index (χ1v) is 10.7. The van der Waals surface area contributed by atoms with Crippen molar-refractivity contribution < 1.29 is 0 Å². The van der Waals surface area contributed by atoms with E-state index >= 15 is 0 Å². The minimum Gasteiger partial charge on any atom is -0.368 e. The molecular weight excluding hydrogens is 410 g/mol. The van der Waals surface area contributed by atoms with Crippen molar-refractivity contribution in [3.8, 4) is 5.69 Å². The topological polar surface area (TPSA) is 103 Å². The third kappa shape index (κ3) is 4.36. The fraction of sp³-hybridized carbons (Fsp3) is 0.227. The Morgan fingerprint density at radius 1 is 1.00 bits per heavy atom. The summed E-state index contributed by atoms with van der Waals surface area (Å²) in [5, 5.41) is 1.14. The summed E-state index contributed by atoms with van der Waals surface area (Å²) in [5.74, 6) is 1.56. The van der Waals surface area contributed by atoms with Crippen molar-refractivity contribution in [1.29, 1.82) is 0 Å². The van der Waals surface area contributed by atoms with E-state index in [1.54, 1.807) is 15.5 Å². The molecule has 158 valence electrons. The van der Waals surface area contributed by atoms with Crippen molar-refractivity contribution in [3.05, 3.63) is 69.8 Å². The molecule has 9 heteroatoms. The van der Waals surface area contributed by atoms with Crippen LogP contribution in [-0.4, -0.2) is 38.6 Å². The van der Waals surface area contributed by atoms with E-state index in [0.29, 0.717) is 33.6 Å². The SMILES string of the molecule is Cc1cc(C)cc(-n2c(SCc3nc(N)nc(N(C)C)n3)nc3ccccc3c2=O)c1. The second-order valence-corrected chi connectivity index (χ2v) is 8.43. The van der Waals surface area contributed by atoms with Gasteiger partial charge in [-0.2, -0.15) is 15.0 Å². The van der Waals surface area contributed by atoms with Gasteiger partial charge in [0.05, 0.1) is 22.3 Å². The number of rotatable bonds is 5. The van der Waals surface area contributed by atoms with Gasteiger partial charge in [-0.15, -0.1) is 0 Å². The third-order valence-electron chi connectivity index (χ3n) is 4.63. The summed E-state index contributed by atoms with van der Waals surface area (Å²) >= 11 is 1.39. The number of benzene rings is 2. The van der Waals surface area contributed by atoms with Crippen LogP contribution in [0, 0.1) is 13.8 Å². The summed E-state index contributed by atoms with van der Waals surface area (Å²) < 4.78 is 1.66. The Kier molecular flexibility index (Phi) is 5.60. The van der Waals surface area contributed by atoms with E-state index < -0.39 is 0 Å². The minimum atomic E-state index is -0.109. The van der Waals surface area contributed by atoms with Gasteiger partial charge in [0.15, 0.2) is 5.16 Å². The fourth-order valence-corrected chi connectivity index (χ4v) is 4.20. The highest BCUT2D eigenvalue weighted by Gasteiger charge is 2.15. The lowest BCUT2D eigenvalue weighted by atomic mass is 10.1. The molecule has 0 spiro atoms. The second kappa shape index (κ2) is 8.35. The first kappa shape index (κ1) is 20.8. The highest BCUT2D eigenvalue weighted by atomic mass is 32.2. The number of para-hydroxylation sites is 1. The molecule has 8 nitrogen and oxygen atoms in total. The molecule has 0 radical (unpaired) electrons. The molecule has 2 heterocycles. The van der Waals surface area contributed by atoms with Crippen molar-refractivity contribution in [2.24, 2.45) is 0 Å². The van der Waals surface area contributed by atoms with E-state index in [2.05, 4.69) is 21.0 Å². The van der Waals surface area contributed by atoms with Crippen molar-refractivity contribution in [1.82, 2.24) is 24.5 Å². The number of nitrogen functional groups attached to an aromatic ring is 1. The molecule has 0 aliphatic heterocycles. The first-order valence-electron chi connectivity index (χ1n) is 9.73. The molecule has 0 unspecified atom stereocenters. The van der Waals surface area contributed by atoms with E-state index in [4.69, 9.17) is 10.7 Å². The molecule has 0 aliphatic rings. The first-order chi connectivity index (χ1) is 14.8. The van der Waals surface area contributed by atoms with Gasteiger partial charge in [-0.1, -0.05) is 30.0 Å². The van der Waals surface area contributed by atoms with Crippen molar-refractivity contribution >= 4 is 34.6 Å². The van der Waals surface area contributed by atoms with Gasteiger partial charge < -0.3 is 10.6 Å². The van der Waals surface area contributed by atoms with Gasteiger partial charge in [0, 0.05) is 14.1 Å². The summed E-state index contributed by atoms with van der Waals surface area (Å²) in [6.45, 7) is 4.03. The lowest BCUT2D eigenvalue weighted by molar-refractivity contribution is 0.816. The van der Waals surface area contributed by atoms with Crippen molar-refractivity contribution in [2.45, 2.75) is 24.8 Å². The summed E-state index contributed by atoms with van der Waals surface area (Å²) in [6.07, 6.45) is 0. The molecule has 0 saturated heterocycles. The number of fused-ring (bicyclic) bond motifs is 1. The Balaban J connectivity index is 1.82. The average molecular weight is 434 g/mol. The molecule has 0 amide bonds. The monoisotopic (exact) mass is 433 g/mol. The molecule has 2 N–H and O–H groups in total. The third-order valence-corrected chi connectivity index (χ3v) is 5.56. The van der Waals surface area contributed by atoms with Crippen LogP contribution in [0.15, 0.2) is 52.4 Å². The Morgan fingerprint density at radius 3 is 2.42 bits per heavy atom. The lowest BCUT2D eigenvalue weighted by Gasteiger charge is -2.15. The molecule has 4 rings (SSSR count). The number of aryl methyl sites for hydroxylation is 2. The lowest BCUT2D eigenvalue weighted by Crippen LogP contribution is -2.22. The average Bonchev–Trinajstić information content (AvgIpc) is 2.71. The van der Waals surface area contributed by atoms with E-state index in [1.807, 2.05) is 58.3 Å². The maximum atomic E-state index is 13.4. The van der Waals surface area contributed by atoms with Crippen LogP contribution < -0.4 is 16.2 Å². The number of thioether (sulfide) groups is 1. The maximum absolute atomic E-state index is 13.4. The summed E-state index contributed by atoms with van der Waals surface area (Å²) in [5.41, 5.74) is 9.33. The van der Waals surface area contributed by atoms with Gasteiger partial charge in [0.25, 0.3) is 5.56 Å². The second-order valence-electron chi connectivity index (χ2n) is 7.49. The van der Waals surface area contributed by atoms with Crippen LogP contribution in [0.3, 0.4) is 0 Å². The van der Waals surface area contributed by atoms with Crippen LogP contribution >= 0.6 is 11.8 Å². The number of hydrogen-bond acceptors (Lipinski definition) is 8. The summed E-state index contributed by atoms with van der Waals surface area (Å²) in [4.78, 5) is 32.8. The zero-order valence-corrected chi connectivity index (χ0v) is 18.6. The Labute approximate surface area is 184 Å².